The molecule has 16 heteroatoms. The zero-order chi connectivity index (χ0) is 47.2. The molecule has 1 unspecified atom stereocenters. The van der Waals surface area contributed by atoms with Crippen molar-refractivity contribution in [3.05, 3.63) is 35.9 Å². The van der Waals surface area contributed by atoms with Crippen LogP contribution in [0.25, 0.3) is 0 Å². The minimum atomic E-state index is -1.96. The number of aliphatic hydroxyl groups excluding tert-OH is 2. The zero-order valence-corrected chi connectivity index (χ0v) is 40.1. The first-order valence-corrected chi connectivity index (χ1v) is 22.6. The van der Waals surface area contributed by atoms with Gasteiger partial charge in [0.2, 0.25) is 0 Å². The number of oxime groups is 1. The number of carbonyl (C=O) groups excluding carboxylic acids is 2. The summed E-state index contributed by atoms with van der Waals surface area (Å²) in [6.07, 6.45) is -8.77. The van der Waals surface area contributed by atoms with Gasteiger partial charge in [-0.1, -0.05) is 63.2 Å². The number of cyclic esters (lactones) is 1. The summed E-state index contributed by atoms with van der Waals surface area (Å²) in [5.74, 6) is -4.62. The molecule has 0 bridgehead atoms. The van der Waals surface area contributed by atoms with Gasteiger partial charge in [0, 0.05) is 50.7 Å². The van der Waals surface area contributed by atoms with Gasteiger partial charge >= 0.3 is 11.9 Å². The molecule has 3 aliphatic rings. The quantitative estimate of drug-likeness (QED) is 0.131. The summed E-state index contributed by atoms with van der Waals surface area (Å²) in [4.78, 5) is 34.5. The number of hydrogen-bond acceptors (Lipinski definition) is 16. The third-order valence-electron chi connectivity index (χ3n) is 13.6. The van der Waals surface area contributed by atoms with Gasteiger partial charge in [-0.05, 0) is 80.5 Å². The standard InChI is InChI=1S/C47H78N2O14/c1-15-35-47(11,55)40(52)28(4)37(48-57-22-21-33-19-17-16-18-20-33)26(2)24-45(9,54)41(63-44-38(51)34(49(12)13)23-27(3)58-44)29(5)39(30(6)43(53)61-35)62-36-25-46(10,56-14)42(31(7)59-36)60-32(8)50/h16-20,26-31,34-36,38-42,44,51-52,54-55H,15,21-25H2,1-14H3/b48-37+/t26-,27-,28+,29+,30-,31+,34+,35-,36+,38-,39+,40-,41-,42+,44+,45?,46-,47-/m1/s1. The van der Waals surface area contributed by atoms with Crippen molar-refractivity contribution in [2.45, 2.75) is 193 Å². The largest absolute Gasteiger partial charge is 0.459 e. The van der Waals surface area contributed by atoms with Crippen LogP contribution in [0.4, 0.5) is 0 Å². The molecule has 0 saturated carbocycles. The number of aliphatic hydroxyl groups is 4. The maximum absolute atomic E-state index is 14.5. The minimum absolute atomic E-state index is 0.0108. The number of esters is 2. The summed E-state index contributed by atoms with van der Waals surface area (Å²) < 4.78 is 44.0. The summed E-state index contributed by atoms with van der Waals surface area (Å²) in [5, 5.41) is 53.3. The Labute approximate surface area is 374 Å². The molecule has 4 N–H and O–H groups in total. The van der Waals surface area contributed by atoms with Gasteiger partial charge in [-0.25, -0.2) is 0 Å². The summed E-state index contributed by atoms with van der Waals surface area (Å²) in [5.41, 5.74) is -3.38. The van der Waals surface area contributed by atoms with Crippen LogP contribution in [-0.2, 0) is 54.0 Å². The first-order chi connectivity index (χ1) is 29.4. The van der Waals surface area contributed by atoms with Crippen molar-refractivity contribution in [1.82, 2.24) is 4.90 Å². The lowest BCUT2D eigenvalue weighted by molar-refractivity contribution is -0.318. The number of nitrogens with zero attached hydrogens (tertiary/aromatic N) is 2. The molecular formula is C47H78N2O14. The molecule has 4 rings (SSSR count). The fraction of sp³-hybridized carbons (Fsp3) is 0.809. The molecule has 0 spiro atoms. The Hall–Kier alpha value is -2.77. The molecule has 0 aromatic heterocycles. The normalized spacial score (nSPS) is 42.9. The second kappa shape index (κ2) is 22.1. The first kappa shape index (κ1) is 52.9. The number of benzene rings is 1. The molecule has 0 aliphatic carbocycles. The molecule has 1 aromatic carbocycles. The van der Waals surface area contributed by atoms with E-state index in [4.69, 9.17) is 38.0 Å². The number of rotatable bonds is 12. The van der Waals surface area contributed by atoms with Crippen molar-refractivity contribution in [1.29, 1.82) is 0 Å². The first-order valence-electron chi connectivity index (χ1n) is 22.6. The maximum atomic E-state index is 14.5. The molecule has 1 aromatic rings. The van der Waals surface area contributed by atoms with Crippen molar-refractivity contribution < 1.29 is 68.0 Å². The molecule has 3 saturated heterocycles. The second-order valence-corrected chi connectivity index (χ2v) is 19.2. The van der Waals surface area contributed by atoms with Crippen LogP contribution in [0.15, 0.2) is 35.5 Å². The lowest BCUT2D eigenvalue weighted by Gasteiger charge is -2.49. The molecule has 16 nitrogen and oxygen atoms in total. The molecule has 18 atom stereocenters. The molecule has 3 fully saturated rings. The molecule has 0 amide bonds. The monoisotopic (exact) mass is 895 g/mol. The summed E-state index contributed by atoms with van der Waals surface area (Å²) in [7, 11) is 5.24. The fourth-order valence-corrected chi connectivity index (χ4v) is 9.91. The van der Waals surface area contributed by atoms with Crippen LogP contribution >= 0.6 is 0 Å². The zero-order valence-electron chi connectivity index (χ0n) is 40.1. The van der Waals surface area contributed by atoms with Crippen molar-refractivity contribution in [3.8, 4) is 0 Å². The van der Waals surface area contributed by atoms with Gasteiger partial charge in [0.15, 0.2) is 18.7 Å². The van der Waals surface area contributed by atoms with E-state index < -0.39 is 108 Å². The van der Waals surface area contributed by atoms with Gasteiger partial charge in [0.1, 0.15) is 30.0 Å². The van der Waals surface area contributed by atoms with Gasteiger partial charge in [-0.3, -0.25) is 9.59 Å². The van der Waals surface area contributed by atoms with Crippen LogP contribution in [-0.4, -0.2) is 155 Å². The van der Waals surface area contributed by atoms with E-state index in [-0.39, 0.29) is 38.0 Å². The Morgan fingerprint density at radius 1 is 0.937 bits per heavy atom. The van der Waals surface area contributed by atoms with Crippen molar-refractivity contribution >= 4 is 17.7 Å². The Bertz CT molecular complexity index is 1640. The van der Waals surface area contributed by atoms with E-state index in [2.05, 4.69) is 5.16 Å². The summed E-state index contributed by atoms with van der Waals surface area (Å²) >= 11 is 0. The number of methoxy groups -OCH3 is 1. The van der Waals surface area contributed by atoms with E-state index in [9.17, 15) is 30.0 Å². The third-order valence-corrected chi connectivity index (χ3v) is 13.6. The molecule has 3 aliphatic heterocycles. The van der Waals surface area contributed by atoms with Crippen LogP contribution in [0.1, 0.15) is 107 Å². The Balaban J connectivity index is 1.85. The van der Waals surface area contributed by atoms with Gasteiger partial charge in [0.25, 0.3) is 0 Å². The van der Waals surface area contributed by atoms with E-state index in [1.807, 2.05) is 63.2 Å². The summed E-state index contributed by atoms with van der Waals surface area (Å²) in [6, 6.07) is 9.45. The van der Waals surface area contributed by atoms with E-state index in [1.54, 1.807) is 48.5 Å². The van der Waals surface area contributed by atoms with Crippen LogP contribution < -0.4 is 0 Å². The molecule has 3 heterocycles. The highest BCUT2D eigenvalue weighted by Gasteiger charge is 2.54. The van der Waals surface area contributed by atoms with Crippen LogP contribution in [0.3, 0.4) is 0 Å². The van der Waals surface area contributed by atoms with Crippen molar-refractivity contribution in [3.63, 3.8) is 0 Å². The van der Waals surface area contributed by atoms with Crippen LogP contribution in [0.5, 0.6) is 0 Å². The average molecular weight is 895 g/mol. The number of carbonyl (C=O) groups is 2. The average Bonchev–Trinajstić information content (AvgIpc) is 3.21. The highest BCUT2D eigenvalue weighted by Crippen LogP contribution is 2.41. The van der Waals surface area contributed by atoms with Gasteiger partial charge < -0.3 is 63.3 Å². The smallest absolute Gasteiger partial charge is 0.311 e. The van der Waals surface area contributed by atoms with E-state index >= 15 is 0 Å². The lowest BCUT2D eigenvalue weighted by Crippen LogP contribution is -2.61. The Morgan fingerprint density at radius 3 is 2.17 bits per heavy atom. The molecule has 0 radical (unpaired) electrons. The van der Waals surface area contributed by atoms with Crippen LogP contribution in [0.2, 0.25) is 0 Å². The van der Waals surface area contributed by atoms with Gasteiger partial charge in [-0.2, -0.15) is 0 Å². The predicted octanol–water partition coefficient (Wildman–Crippen LogP) is 4.40. The van der Waals surface area contributed by atoms with E-state index in [1.165, 1.54) is 21.0 Å². The lowest BCUT2D eigenvalue weighted by atomic mass is 9.73. The minimum Gasteiger partial charge on any atom is -0.459 e. The second-order valence-electron chi connectivity index (χ2n) is 19.2. The molecule has 63 heavy (non-hydrogen) atoms. The van der Waals surface area contributed by atoms with Gasteiger partial charge in [0.05, 0.1) is 47.8 Å². The topological polar surface area (TPSA) is 204 Å². The maximum Gasteiger partial charge on any atom is 0.311 e. The Morgan fingerprint density at radius 2 is 1.59 bits per heavy atom. The predicted molar refractivity (Wildman–Crippen MR) is 234 cm³/mol. The Kier molecular flexibility index (Phi) is 18.6. The summed E-state index contributed by atoms with van der Waals surface area (Å²) in [6.45, 7) is 18.7. The van der Waals surface area contributed by atoms with Gasteiger partial charge in [-0.15, -0.1) is 0 Å². The van der Waals surface area contributed by atoms with Crippen LogP contribution in [0, 0.1) is 23.7 Å². The fourth-order valence-electron chi connectivity index (χ4n) is 9.91. The third kappa shape index (κ3) is 12.8. The molecule has 360 valence electrons. The number of likely N-dealkylation sites (N-methyl/N-ethyl adjacent to an activating group) is 1. The van der Waals surface area contributed by atoms with Crippen molar-refractivity contribution in [2.75, 3.05) is 27.8 Å². The SMILES string of the molecule is CC[C@H]1OC(=O)[C@H](C)[C@@H](O[C@H]2C[C@@](C)(OC)[C@@H](OC(C)=O)[C@H](C)O2)[C@H](C)[C@@H](O[C@@H]2O[C@H](C)C[C@H](N(C)C)[C@H]2O)C(C)(O)C[C@@H](C)/C(=N\OCCc2ccccc2)[C@H](C)[C@@H](O)[C@]1(C)O. The molecular weight excluding hydrogens is 817 g/mol. The highest BCUT2D eigenvalue weighted by atomic mass is 16.7. The van der Waals surface area contributed by atoms with E-state index in [0.29, 0.717) is 18.6 Å². The number of ether oxygens (including phenoxy) is 7. The van der Waals surface area contributed by atoms with E-state index in [0.717, 1.165) is 5.56 Å². The van der Waals surface area contributed by atoms with Crippen molar-refractivity contribution in [2.24, 2.45) is 28.8 Å². The number of hydrogen-bond donors (Lipinski definition) is 4. The highest BCUT2D eigenvalue weighted by molar-refractivity contribution is 5.88.